The lowest BCUT2D eigenvalue weighted by Gasteiger charge is -2.28. The maximum atomic E-state index is 5.43. The van der Waals surface area contributed by atoms with E-state index < -0.39 is 0 Å². The molecule has 25 heavy (non-hydrogen) atoms. The summed E-state index contributed by atoms with van der Waals surface area (Å²) in [4.78, 5) is 16.1. The number of hydrogen-bond acceptors (Lipinski definition) is 7. The van der Waals surface area contributed by atoms with Gasteiger partial charge in [-0.05, 0) is 26.3 Å². The Morgan fingerprint density at radius 3 is 2.48 bits per heavy atom. The molecule has 6 nitrogen and oxygen atoms in total. The molecule has 0 saturated carbocycles. The van der Waals surface area contributed by atoms with Crippen molar-refractivity contribution in [1.29, 1.82) is 0 Å². The number of nitrogens with zero attached hydrogens (tertiary/aromatic N) is 4. The predicted molar refractivity (Wildman–Crippen MR) is 102 cm³/mol. The Hall–Kier alpha value is -1.86. The molecule has 0 radical (unpaired) electrons. The lowest BCUT2D eigenvalue weighted by atomic mass is 10.1. The highest BCUT2D eigenvalue weighted by molar-refractivity contribution is 7.98. The van der Waals surface area contributed by atoms with Crippen LogP contribution in [0.15, 0.2) is 35.5 Å². The fraction of sp³-hybridized carbons (Fsp3) is 0.500. The zero-order valence-corrected chi connectivity index (χ0v) is 15.8. The molecule has 0 amide bonds. The highest BCUT2D eigenvalue weighted by Crippen LogP contribution is 2.24. The number of morpholine rings is 1. The highest BCUT2D eigenvalue weighted by atomic mass is 32.2. The number of rotatable bonds is 5. The van der Waals surface area contributed by atoms with Gasteiger partial charge in [0, 0.05) is 24.4 Å². The van der Waals surface area contributed by atoms with Crippen molar-refractivity contribution >= 4 is 23.7 Å². The van der Waals surface area contributed by atoms with E-state index in [4.69, 9.17) is 4.74 Å². The molecule has 0 atom stereocenters. The molecule has 2 heterocycles. The van der Waals surface area contributed by atoms with Crippen LogP contribution in [0.3, 0.4) is 0 Å². The van der Waals surface area contributed by atoms with Gasteiger partial charge in [0.05, 0.1) is 13.2 Å². The first kappa shape index (κ1) is 17.9. The lowest BCUT2D eigenvalue weighted by Crippen LogP contribution is -2.38. The monoisotopic (exact) mass is 359 g/mol. The molecule has 1 fully saturated rings. The van der Waals surface area contributed by atoms with Gasteiger partial charge in [-0.15, -0.1) is 0 Å². The van der Waals surface area contributed by atoms with Gasteiger partial charge in [-0.3, -0.25) is 0 Å². The summed E-state index contributed by atoms with van der Waals surface area (Å²) in [6, 6.07) is 10.4. The summed E-state index contributed by atoms with van der Waals surface area (Å²) < 4.78 is 5.43. The van der Waals surface area contributed by atoms with Gasteiger partial charge in [-0.2, -0.15) is 15.0 Å². The van der Waals surface area contributed by atoms with Crippen molar-refractivity contribution in [3.8, 4) is 0 Å². The smallest absolute Gasteiger partial charge is 0.231 e. The molecule has 0 bridgehead atoms. The van der Waals surface area contributed by atoms with Crippen LogP contribution in [0.5, 0.6) is 0 Å². The Kier molecular flexibility index (Phi) is 5.75. The number of ether oxygens (including phenoxy) is 1. The van der Waals surface area contributed by atoms with Crippen LogP contribution in [0.2, 0.25) is 0 Å². The van der Waals surface area contributed by atoms with E-state index in [1.807, 2.05) is 6.07 Å². The molecule has 0 spiro atoms. The van der Waals surface area contributed by atoms with Crippen LogP contribution in [-0.4, -0.2) is 46.8 Å². The molecule has 1 aliphatic heterocycles. The molecule has 134 valence electrons. The van der Waals surface area contributed by atoms with Gasteiger partial charge < -0.3 is 15.0 Å². The van der Waals surface area contributed by atoms with E-state index in [9.17, 15) is 0 Å². The third kappa shape index (κ3) is 5.57. The number of nitrogens with one attached hydrogen (secondary N) is 1. The summed E-state index contributed by atoms with van der Waals surface area (Å²) in [5, 5.41) is 4.11. The highest BCUT2D eigenvalue weighted by Gasteiger charge is 2.19. The molecular weight excluding hydrogens is 334 g/mol. The van der Waals surface area contributed by atoms with Crippen LogP contribution in [0.25, 0.3) is 0 Å². The van der Waals surface area contributed by atoms with Crippen LogP contribution < -0.4 is 10.2 Å². The second-order valence-electron chi connectivity index (χ2n) is 6.99. The second-order valence-corrected chi connectivity index (χ2v) is 7.93. The van der Waals surface area contributed by atoms with E-state index in [-0.39, 0.29) is 5.54 Å². The average molecular weight is 359 g/mol. The van der Waals surface area contributed by atoms with Crippen LogP contribution in [-0.2, 0) is 10.5 Å². The Bertz CT molecular complexity index is 684. The Labute approximate surface area is 153 Å². The van der Waals surface area contributed by atoms with Gasteiger partial charge >= 0.3 is 0 Å². The third-order valence-electron chi connectivity index (χ3n) is 3.59. The number of anilines is 2. The van der Waals surface area contributed by atoms with E-state index in [0.717, 1.165) is 29.9 Å². The van der Waals surface area contributed by atoms with Crippen LogP contribution in [0.1, 0.15) is 26.3 Å². The normalized spacial score (nSPS) is 15.2. The minimum absolute atomic E-state index is 0.106. The topological polar surface area (TPSA) is 63.2 Å². The summed E-state index contributed by atoms with van der Waals surface area (Å²) in [7, 11) is 0. The lowest BCUT2D eigenvalue weighted by molar-refractivity contribution is 0.122. The molecular formula is C18H25N5OS. The zero-order chi connectivity index (χ0) is 17.7. The molecule has 1 N–H and O–H groups in total. The Morgan fingerprint density at radius 2 is 1.80 bits per heavy atom. The molecule has 1 saturated heterocycles. The van der Waals surface area contributed by atoms with Crippen molar-refractivity contribution in [1.82, 2.24) is 15.0 Å². The van der Waals surface area contributed by atoms with Gasteiger partial charge in [0.1, 0.15) is 0 Å². The van der Waals surface area contributed by atoms with Crippen molar-refractivity contribution in [2.24, 2.45) is 0 Å². The van der Waals surface area contributed by atoms with E-state index in [1.54, 1.807) is 11.8 Å². The van der Waals surface area contributed by atoms with Crippen LogP contribution >= 0.6 is 11.8 Å². The van der Waals surface area contributed by atoms with Gasteiger partial charge in [0.2, 0.25) is 11.9 Å². The maximum Gasteiger partial charge on any atom is 0.231 e. The van der Waals surface area contributed by atoms with Gasteiger partial charge in [-0.1, -0.05) is 42.1 Å². The van der Waals surface area contributed by atoms with Crippen molar-refractivity contribution in [2.45, 2.75) is 37.2 Å². The number of aromatic nitrogens is 3. The fourth-order valence-corrected chi connectivity index (χ4v) is 3.21. The van der Waals surface area contributed by atoms with Crippen molar-refractivity contribution < 1.29 is 4.74 Å². The second kappa shape index (κ2) is 8.01. The molecule has 7 heteroatoms. The van der Waals surface area contributed by atoms with Crippen molar-refractivity contribution in [2.75, 3.05) is 36.5 Å². The molecule has 3 rings (SSSR count). The molecule has 0 aliphatic carbocycles. The van der Waals surface area contributed by atoms with Gasteiger partial charge in [-0.25, -0.2) is 0 Å². The summed E-state index contributed by atoms with van der Waals surface area (Å²) in [5.41, 5.74) is 1.15. The number of benzene rings is 1. The summed E-state index contributed by atoms with van der Waals surface area (Å²) in [5.74, 6) is 2.18. The van der Waals surface area contributed by atoms with E-state index in [0.29, 0.717) is 19.2 Å². The molecule has 1 aromatic carbocycles. The van der Waals surface area contributed by atoms with Crippen molar-refractivity contribution in [3.05, 3.63) is 35.9 Å². The van der Waals surface area contributed by atoms with E-state index >= 15 is 0 Å². The Balaban J connectivity index is 1.80. The number of hydrogen-bond donors (Lipinski definition) is 1. The van der Waals surface area contributed by atoms with Gasteiger partial charge in [0.25, 0.3) is 0 Å². The average Bonchev–Trinajstić information content (AvgIpc) is 2.60. The predicted octanol–water partition coefficient (Wildman–Crippen LogP) is 3.21. The van der Waals surface area contributed by atoms with Gasteiger partial charge in [0.15, 0.2) is 5.16 Å². The molecule has 2 aromatic rings. The minimum Gasteiger partial charge on any atom is -0.378 e. The Morgan fingerprint density at radius 1 is 1.08 bits per heavy atom. The molecule has 0 unspecified atom stereocenters. The first-order valence-corrected chi connectivity index (χ1v) is 9.52. The van der Waals surface area contributed by atoms with E-state index in [1.165, 1.54) is 5.56 Å². The number of thioether (sulfide) groups is 1. The zero-order valence-electron chi connectivity index (χ0n) is 15.0. The third-order valence-corrected chi connectivity index (χ3v) is 4.51. The minimum atomic E-state index is -0.106. The standard InChI is InChI=1S/C18H25N5OS/c1-18(2,3)22-15-19-16(23-9-11-24-12-10-23)21-17(20-15)25-13-14-7-5-4-6-8-14/h4-8H,9-13H2,1-3H3,(H,19,20,21,22). The summed E-state index contributed by atoms with van der Waals surface area (Å²) in [6.07, 6.45) is 0. The van der Waals surface area contributed by atoms with Crippen molar-refractivity contribution in [3.63, 3.8) is 0 Å². The SMILES string of the molecule is CC(C)(C)Nc1nc(SCc2ccccc2)nc(N2CCOCC2)n1. The summed E-state index contributed by atoms with van der Waals surface area (Å²) in [6.45, 7) is 9.33. The molecule has 1 aliphatic rings. The first-order valence-electron chi connectivity index (χ1n) is 8.53. The van der Waals surface area contributed by atoms with E-state index in [2.05, 4.69) is 70.2 Å². The van der Waals surface area contributed by atoms with Crippen LogP contribution in [0, 0.1) is 0 Å². The van der Waals surface area contributed by atoms with Crippen LogP contribution in [0.4, 0.5) is 11.9 Å². The molecule has 1 aromatic heterocycles. The quantitative estimate of drug-likeness (QED) is 0.822. The largest absolute Gasteiger partial charge is 0.378 e. The summed E-state index contributed by atoms with van der Waals surface area (Å²) >= 11 is 1.63. The first-order chi connectivity index (χ1) is 12.0. The maximum absolute atomic E-state index is 5.43. The fourth-order valence-electron chi connectivity index (χ4n) is 2.43.